The van der Waals surface area contributed by atoms with Crippen molar-refractivity contribution in [3.63, 3.8) is 0 Å². The zero-order valence-corrected chi connectivity index (χ0v) is 19.2. The molecule has 1 heterocycles. The highest BCUT2D eigenvalue weighted by molar-refractivity contribution is 7.15. The maximum Gasteiger partial charge on any atom is 0.341 e. The smallest absolute Gasteiger partial charge is 0.341 e. The van der Waals surface area contributed by atoms with E-state index in [1.807, 2.05) is 30.5 Å². The summed E-state index contributed by atoms with van der Waals surface area (Å²) in [5.74, 6) is 0.835. The van der Waals surface area contributed by atoms with Crippen LogP contribution in [0.25, 0.3) is 11.1 Å². The summed E-state index contributed by atoms with van der Waals surface area (Å²) in [4.78, 5) is 25.3. The number of methoxy groups -OCH3 is 2. The van der Waals surface area contributed by atoms with Crippen LogP contribution in [0.2, 0.25) is 0 Å². The third-order valence-corrected chi connectivity index (χ3v) is 5.48. The van der Waals surface area contributed by atoms with Crippen molar-refractivity contribution in [2.75, 3.05) is 32.8 Å². The van der Waals surface area contributed by atoms with Gasteiger partial charge in [0.15, 0.2) is 6.61 Å². The third kappa shape index (κ3) is 5.39. The molecule has 0 aliphatic heterocycles. The molecule has 0 aliphatic carbocycles. The Morgan fingerprint density at radius 3 is 2.50 bits per heavy atom. The molecule has 0 aliphatic rings. The molecule has 0 saturated heterocycles. The van der Waals surface area contributed by atoms with Gasteiger partial charge in [-0.3, -0.25) is 4.79 Å². The van der Waals surface area contributed by atoms with E-state index in [4.69, 9.17) is 18.9 Å². The topological polar surface area (TPSA) is 83.1 Å². The van der Waals surface area contributed by atoms with Crippen LogP contribution in [0, 0.1) is 6.92 Å². The lowest BCUT2D eigenvalue weighted by molar-refractivity contribution is -0.118. The summed E-state index contributed by atoms with van der Waals surface area (Å²) in [5, 5.41) is 4.97. The maximum atomic E-state index is 12.8. The Morgan fingerprint density at radius 1 is 1.00 bits per heavy atom. The van der Waals surface area contributed by atoms with Crippen molar-refractivity contribution >= 4 is 28.2 Å². The van der Waals surface area contributed by atoms with Crippen LogP contribution in [0.4, 0.5) is 5.00 Å². The van der Waals surface area contributed by atoms with E-state index in [9.17, 15) is 9.59 Å². The minimum Gasteiger partial charge on any atom is -0.497 e. The molecule has 1 aromatic heterocycles. The fraction of sp³-hybridized carbons (Fsp3) is 0.250. The molecule has 1 amide bonds. The summed E-state index contributed by atoms with van der Waals surface area (Å²) in [6.07, 6.45) is 0. The number of thiophene rings is 1. The first-order valence-electron chi connectivity index (χ1n) is 9.97. The van der Waals surface area contributed by atoms with Crippen LogP contribution in [0.5, 0.6) is 17.2 Å². The second-order valence-corrected chi connectivity index (χ2v) is 7.67. The number of ether oxygens (including phenoxy) is 4. The minimum absolute atomic E-state index is 0.214. The molecule has 2 aromatic carbocycles. The SMILES string of the molecule is CCOC(=O)c1c(-c2cc(C)ccc2OC)csc1NC(=O)COc1cccc(OC)c1. The molecular formula is C24H25NO6S. The molecule has 0 spiro atoms. The molecule has 0 bridgehead atoms. The molecule has 1 N–H and O–H groups in total. The van der Waals surface area contributed by atoms with Gasteiger partial charge in [0.25, 0.3) is 5.91 Å². The Labute approximate surface area is 190 Å². The van der Waals surface area contributed by atoms with Crippen molar-refractivity contribution in [2.24, 2.45) is 0 Å². The average molecular weight is 456 g/mol. The number of aryl methyl sites for hydroxylation is 1. The predicted molar refractivity (Wildman–Crippen MR) is 124 cm³/mol. The molecule has 0 saturated carbocycles. The molecule has 3 aromatic rings. The van der Waals surface area contributed by atoms with Crippen LogP contribution < -0.4 is 19.5 Å². The molecular weight excluding hydrogens is 430 g/mol. The molecule has 0 radical (unpaired) electrons. The van der Waals surface area contributed by atoms with Crippen LogP contribution in [0.1, 0.15) is 22.8 Å². The average Bonchev–Trinajstić information content (AvgIpc) is 3.21. The van der Waals surface area contributed by atoms with Crippen LogP contribution in [0.3, 0.4) is 0 Å². The Morgan fingerprint density at radius 2 is 1.78 bits per heavy atom. The summed E-state index contributed by atoms with van der Waals surface area (Å²) in [6.45, 7) is 3.68. The van der Waals surface area contributed by atoms with Crippen LogP contribution in [-0.4, -0.2) is 39.3 Å². The summed E-state index contributed by atoms with van der Waals surface area (Å²) in [6, 6.07) is 12.7. The highest BCUT2D eigenvalue weighted by atomic mass is 32.1. The van der Waals surface area contributed by atoms with Crippen LogP contribution >= 0.6 is 11.3 Å². The summed E-state index contributed by atoms with van der Waals surface area (Å²) in [5.41, 5.74) is 2.69. The second-order valence-electron chi connectivity index (χ2n) is 6.79. The maximum absolute atomic E-state index is 12.8. The monoisotopic (exact) mass is 455 g/mol. The molecule has 32 heavy (non-hydrogen) atoms. The van der Waals surface area contributed by atoms with Gasteiger partial charge in [0.1, 0.15) is 27.8 Å². The zero-order chi connectivity index (χ0) is 23.1. The van der Waals surface area contributed by atoms with E-state index in [0.717, 1.165) is 11.1 Å². The molecule has 3 rings (SSSR count). The van der Waals surface area contributed by atoms with E-state index in [1.54, 1.807) is 45.4 Å². The Balaban J connectivity index is 1.85. The van der Waals surface area contributed by atoms with Crippen molar-refractivity contribution in [3.05, 3.63) is 59.0 Å². The van der Waals surface area contributed by atoms with Gasteiger partial charge in [0.05, 0.1) is 20.8 Å². The first-order valence-corrected chi connectivity index (χ1v) is 10.8. The van der Waals surface area contributed by atoms with Crippen LogP contribution in [0.15, 0.2) is 47.8 Å². The standard InChI is InChI=1S/C24H25NO6S/c1-5-30-24(27)22-19(18-11-15(2)9-10-20(18)29-4)14-32-23(22)25-21(26)13-31-17-8-6-7-16(12-17)28-3/h6-12,14H,5,13H2,1-4H3,(H,25,26). The first kappa shape index (κ1) is 23.1. The summed E-state index contributed by atoms with van der Waals surface area (Å²) < 4.78 is 21.4. The van der Waals surface area contributed by atoms with Gasteiger partial charge in [-0.05, 0) is 38.1 Å². The van der Waals surface area contributed by atoms with E-state index in [1.165, 1.54) is 11.3 Å². The number of benzene rings is 2. The number of anilines is 1. The Hall–Kier alpha value is -3.52. The quantitative estimate of drug-likeness (QED) is 0.461. The van der Waals surface area contributed by atoms with E-state index in [0.29, 0.717) is 27.8 Å². The number of carbonyl (C=O) groups is 2. The number of nitrogens with one attached hydrogen (secondary N) is 1. The molecule has 0 fully saturated rings. The number of hydrogen-bond donors (Lipinski definition) is 1. The van der Waals surface area contributed by atoms with Gasteiger partial charge in [-0.25, -0.2) is 4.79 Å². The van der Waals surface area contributed by atoms with Crippen molar-refractivity contribution in [1.82, 2.24) is 0 Å². The molecule has 0 unspecified atom stereocenters. The normalized spacial score (nSPS) is 10.4. The van der Waals surface area contributed by atoms with Crippen molar-refractivity contribution in [2.45, 2.75) is 13.8 Å². The van der Waals surface area contributed by atoms with Crippen molar-refractivity contribution < 1.29 is 28.5 Å². The van der Waals surface area contributed by atoms with Gasteiger partial charge >= 0.3 is 5.97 Å². The molecule has 0 atom stereocenters. The lowest BCUT2D eigenvalue weighted by Gasteiger charge is -2.12. The number of esters is 1. The van der Waals surface area contributed by atoms with E-state index in [2.05, 4.69) is 5.32 Å². The van der Waals surface area contributed by atoms with Gasteiger partial charge in [-0.2, -0.15) is 0 Å². The highest BCUT2D eigenvalue weighted by Crippen LogP contribution is 2.40. The van der Waals surface area contributed by atoms with Gasteiger partial charge in [-0.1, -0.05) is 17.7 Å². The number of rotatable bonds is 9. The van der Waals surface area contributed by atoms with Gasteiger partial charge in [0.2, 0.25) is 0 Å². The fourth-order valence-electron chi connectivity index (χ4n) is 3.09. The van der Waals surface area contributed by atoms with E-state index in [-0.39, 0.29) is 18.8 Å². The lowest BCUT2D eigenvalue weighted by atomic mass is 10.0. The first-order chi connectivity index (χ1) is 15.5. The highest BCUT2D eigenvalue weighted by Gasteiger charge is 2.24. The fourth-order valence-corrected chi connectivity index (χ4v) is 4.05. The van der Waals surface area contributed by atoms with E-state index >= 15 is 0 Å². The largest absolute Gasteiger partial charge is 0.497 e. The van der Waals surface area contributed by atoms with Gasteiger partial charge in [-0.15, -0.1) is 11.3 Å². The summed E-state index contributed by atoms with van der Waals surface area (Å²) in [7, 11) is 3.13. The molecule has 7 nitrogen and oxygen atoms in total. The second kappa shape index (κ2) is 10.7. The third-order valence-electron chi connectivity index (χ3n) is 4.58. The van der Waals surface area contributed by atoms with Crippen molar-refractivity contribution in [3.8, 4) is 28.4 Å². The number of hydrogen-bond acceptors (Lipinski definition) is 7. The van der Waals surface area contributed by atoms with Crippen LogP contribution in [-0.2, 0) is 9.53 Å². The molecule has 8 heteroatoms. The number of carbonyl (C=O) groups excluding carboxylic acids is 2. The zero-order valence-electron chi connectivity index (χ0n) is 18.4. The predicted octanol–water partition coefficient (Wildman–Crippen LogP) is 4.93. The molecule has 168 valence electrons. The van der Waals surface area contributed by atoms with Crippen molar-refractivity contribution in [1.29, 1.82) is 0 Å². The Bertz CT molecular complexity index is 1110. The van der Waals surface area contributed by atoms with E-state index < -0.39 is 11.9 Å². The lowest BCUT2D eigenvalue weighted by Crippen LogP contribution is -2.21. The number of amides is 1. The minimum atomic E-state index is -0.517. The van der Waals surface area contributed by atoms with Gasteiger partial charge < -0.3 is 24.3 Å². The van der Waals surface area contributed by atoms with Gasteiger partial charge in [0, 0.05) is 22.6 Å². The summed E-state index contributed by atoms with van der Waals surface area (Å²) >= 11 is 1.24. The Kier molecular flexibility index (Phi) is 7.72.